The number of methoxy groups -OCH3 is 1. The van der Waals surface area contributed by atoms with E-state index in [-0.39, 0.29) is 17.7 Å². The van der Waals surface area contributed by atoms with Crippen molar-refractivity contribution in [2.24, 2.45) is 27.8 Å². The number of ether oxygens (including phenoxy) is 4. The monoisotopic (exact) mass is 594 g/mol. The lowest BCUT2D eigenvalue weighted by Gasteiger charge is -2.41. The summed E-state index contributed by atoms with van der Waals surface area (Å²) in [5, 5.41) is 33.9. The lowest BCUT2D eigenvalue weighted by Crippen LogP contribution is -2.60. The molecule has 0 saturated carbocycles. The van der Waals surface area contributed by atoms with Gasteiger partial charge in [-0.1, -0.05) is 19.9 Å². The number of benzene rings is 1. The number of hydrogen-bond acceptors (Lipinski definition) is 11. The van der Waals surface area contributed by atoms with Gasteiger partial charge in [-0.15, -0.1) is 0 Å². The summed E-state index contributed by atoms with van der Waals surface area (Å²) in [6, 6.07) is 5.81. The molecule has 2 rings (SSSR count). The number of carbonyl (C=O) groups is 1. The van der Waals surface area contributed by atoms with Gasteiger partial charge in [-0.3, -0.25) is 9.79 Å². The van der Waals surface area contributed by atoms with Crippen molar-refractivity contribution < 1.29 is 39.1 Å². The van der Waals surface area contributed by atoms with Gasteiger partial charge in [0.15, 0.2) is 5.88 Å². The van der Waals surface area contributed by atoms with Gasteiger partial charge < -0.3 is 51.1 Å². The van der Waals surface area contributed by atoms with Gasteiger partial charge in [0.2, 0.25) is 12.2 Å². The minimum absolute atomic E-state index is 0.0167. The molecule has 0 spiro atoms. The summed E-state index contributed by atoms with van der Waals surface area (Å²) in [7, 11) is 3.03. The molecule has 1 aliphatic rings. The van der Waals surface area contributed by atoms with Crippen molar-refractivity contribution in [3.8, 4) is 5.75 Å². The maximum atomic E-state index is 11.4. The standard InChI is InChI=1S/C30H50N4O8/c1-17(2)23(33-6)21(27(31)42-28-25(37)26(39-7)24(36)22(15-35)41-28)14-19-9-10-20(13-18(19)3)40-12-8-11-34-16-30(4,5)29(32)38/h9-10,13,17,22,24-26,28,34-37H,8,11-12,14-16,31H2,1-7H3,(H2,32,38)/t22?,24-,25-,26?,28?/m1/s1. The Bertz CT molecular complexity index is 1090. The zero-order chi connectivity index (χ0) is 31.6. The highest BCUT2D eigenvalue weighted by Gasteiger charge is 2.46. The van der Waals surface area contributed by atoms with Crippen LogP contribution in [0, 0.1) is 18.3 Å². The van der Waals surface area contributed by atoms with Crippen molar-refractivity contribution >= 4 is 11.6 Å². The van der Waals surface area contributed by atoms with Crippen LogP contribution in [-0.4, -0.2) is 98.1 Å². The van der Waals surface area contributed by atoms with Crippen LogP contribution in [0.1, 0.15) is 45.2 Å². The van der Waals surface area contributed by atoms with E-state index in [0.717, 1.165) is 29.0 Å². The van der Waals surface area contributed by atoms with Crippen LogP contribution in [0.2, 0.25) is 0 Å². The van der Waals surface area contributed by atoms with E-state index in [2.05, 4.69) is 10.3 Å². The van der Waals surface area contributed by atoms with Gasteiger partial charge in [0.1, 0.15) is 30.2 Å². The fourth-order valence-corrected chi connectivity index (χ4v) is 4.69. The summed E-state index contributed by atoms with van der Waals surface area (Å²) >= 11 is 0. The normalized spacial score (nSPS) is 24.0. The number of aliphatic hydroxyl groups is 3. The molecule has 1 saturated heterocycles. The van der Waals surface area contributed by atoms with Gasteiger partial charge in [-0.2, -0.15) is 0 Å². The van der Waals surface area contributed by atoms with Crippen molar-refractivity contribution in [2.45, 2.75) is 78.2 Å². The first-order valence-corrected chi connectivity index (χ1v) is 14.3. The molecule has 42 heavy (non-hydrogen) atoms. The Morgan fingerprint density at radius 3 is 2.45 bits per heavy atom. The Labute approximate surface area is 249 Å². The van der Waals surface area contributed by atoms with Gasteiger partial charge in [0.25, 0.3) is 0 Å². The fraction of sp³-hybridized carbons (Fsp3) is 0.667. The minimum atomic E-state index is -1.35. The van der Waals surface area contributed by atoms with E-state index in [4.69, 9.17) is 30.4 Å². The van der Waals surface area contributed by atoms with Crippen LogP contribution >= 0.6 is 0 Å². The summed E-state index contributed by atoms with van der Waals surface area (Å²) in [5.74, 6) is 0.430. The zero-order valence-corrected chi connectivity index (χ0v) is 25.9. The molecular weight excluding hydrogens is 544 g/mol. The second-order valence-electron chi connectivity index (χ2n) is 11.5. The summed E-state index contributed by atoms with van der Waals surface area (Å²) < 4.78 is 22.7. The predicted molar refractivity (Wildman–Crippen MR) is 160 cm³/mol. The zero-order valence-electron chi connectivity index (χ0n) is 25.9. The average Bonchev–Trinajstić information content (AvgIpc) is 2.93. The second-order valence-corrected chi connectivity index (χ2v) is 11.5. The molecule has 1 aliphatic heterocycles. The number of primary amides is 1. The predicted octanol–water partition coefficient (Wildman–Crippen LogP) is 0.775. The highest BCUT2D eigenvalue weighted by molar-refractivity contribution is 6.02. The molecule has 5 atom stereocenters. The third-order valence-electron chi connectivity index (χ3n) is 7.41. The van der Waals surface area contributed by atoms with Crippen LogP contribution < -0.4 is 21.5 Å². The Morgan fingerprint density at radius 1 is 1.21 bits per heavy atom. The highest BCUT2D eigenvalue weighted by atomic mass is 16.7. The molecule has 1 aromatic carbocycles. The molecule has 0 aliphatic carbocycles. The first-order chi connectivity index (χ1) is 19.8. The first-order valence-electron chi connectivity index (χ1n) is 14.3. The van der Waals surface area contributed by atoms with E-state index < -0.39 is 42.7 Å². The number of hydrogen-bond donors (Lipinski definition) is 6. The van der Waals surface area contributed by atoms with E-state index >= 15 is 0 Å². The summed E-state index contributed by atoms with van der Waals surface area (Å²) in [4.78, 5) is 15.9. The molecule has 1 aromatic rings. The van der Waals surface area contributed by atoms with E-state index in [1.165, 1.54) is 7.11 Å². The number of allylic oxidation sites excluding steroid dienone is 1. The molecule has 3 unspecified atom stereocenters. The third kappa shape index (κ3) is 9.38. The molecule has 12 heteroatoms. The van der Waals surface area contributed by atoms with Gasteiger partial charge in [0, 0.05) is 38.4 Å². The second kappa shape index (κ2) is 16.2. The number of aliphatic imine (C=N–C) groups is 1. The van der Waals surface area contributed by atoms with Crippen molar-refractivity contribution in [1.82, 2.24) is 5.32 Å². The number of aryl methyl sites for hydroxylation is 1. The van der Waals surface area contributed by atoms with E-state index in [1.807, 2.05) is 52.8 Å². The van der Waals surface area contributed by atoms with Gasteiger partial charge in [-0.05, 0) is 62.9 Å². The number of rotatable bonds is 16. The quantitative estimate of drug-likeness (QED) is 0.0905. The van der Waals surface area contributed by atoms with Crippen LogP contribution in [0.3, 0.4) is 0 Å². The largest absolute Gasteiger partial charge is 0.494 e. The summed E-state index contributed by atoms with van der Waals surface area (Å²) in [6.07, 6.45) is -4.76. The average molecular weight is 595 g/mol. The number of aliphatic hydroxyl groups excluding tert-OH is 3. The summed E-state index contributed by atoms with van der Waals surface area (Å²) in [5.41, 5.74) is 14.6. The van der Waals surface area contributed by atoms with Crippen LogP contribution in [0.25, 0.3) is 0 Å². The maximum Gasteiger partial charge on any atom is 0.230 e. The summed E-state index contributed by atoms with van der Waals surface area (Å²) in [6.45, 7) is 10.8. The molecule has 0 radical (unpaired) electrons. The Hall–Kier alpha value is -2.74. The molecule has 1 amide bonds. The number of carbonyl (C=O) groups excluding carboxylic acids is 1. The minimum Gasteiger partial charge on any atom is -0.494 e. The van der Waals surface area contributed by atoms with Gasteiger partial charge in [0.05, 0.1) is 18.6 Å². The molecule has 8 N–H and O–H groups in total. The lowest BCUT2D eigenvalue weighted by atomic mass is 9.92. The first kappa shape index (κ1) is 35.5. The van der Waals surface area contributed by atoms with Crippen molar-refractivity contribution in [3.63, 3.8) is 0 Å². The molecule has 12 nitrogen and oxygen atoms in total. The maximum absolute atomic E-state index is 11.4. The smallest absolute Gasteiger partial charge is 0.230 e. The number of nitrogens with two attached hydrogens (primary N) is 2. The number of nitrogens with one attached hydrogen (secondary N) is 1. The molecule has 0 bridgehead atoms. The van der Waals surface area contributed by atoms with Crippen molar-refractivity contribution in [3.05, 3.63) is 40.8 Å². The van der Waals surface area contributed by atoms with Crippen LogP contribution in [0.4, 0.5) is 0 Å². The van der Waals surface area contributed by atoms with Crippen LogP contribution in [-0.2, 0) is 25.4 Å². The Kier molecular flexibility index (Phi) is 13.7. The number of amides is 1. The SMILES string of the molecule is CN=C(C(Cc1ccc(OCCCNCC(C)(C)C(N)=O)cc1C)=C(N)OC1OC(CO)[C@@H](O)C(OC)[C@H]1O)C(C)C. The molecule has 0 aromatic heterocycles. The molecule has 1 fully saturated rings. The molecular formula is C30H50N4O8. The Morgan fingerprint density at radius 2 is 1.90 bits per heavy atom. The third-order valence-corrected chi connectivity index (χ3v) is 7.41. The Balaban J connectivity index is 2.15. The topological polar surface area (TPSA) is 191 Å². The van der Waals surface area contributed by atoms with Crippen molar-refractivity contribution in [1.29, 1.82) is 0 Å². The van der Waals surface area contributed by atoms with E-state index in [0.29, 0.717) is 31.7 Å². The van der Waals surface area contributed by atoms with Crippen LogP contribution in [0.5, 0.6) is 5.75 Å². The van der Waals surface area contributed by atoms with Gasteiger partial charge in [-0.25, -0.2) is 0 Å². The van der Waals surface area contributed by atoms with E-state index in [9.17, 15) is 20.1 Å². The lowest BCUT2D eigenvalue weighted by molar-refractivity contribution is -0.295. The van der Waals surface area contributed by atoms with Gasteiger partial charge >= 0.3 is 0 Å². The highest BCUT2D eigenvalue weighted by Crippen LogP contribution is 2.28. The van der Waals surface area contributed by atoms with Crippen LogP contribution in [0.15, 0.2) is 34.6 Å². The molecule has 1 heterocycles. The fourth-order valence-electron chi connectivity index (χ4n) is 4.69. The van der Waals surface area contributed by atoms with E-state index in [1.54, 1.807) is 7.05 Å². The number of nitrogens with zero attached hydrogens (tertiary/aromatic N) is 1. The molecule has 238 valence electrons. The van der Waals surface area contributed by atoms with Crippen molar-refractivity contribution in [2.75, 3.05) is 40.5 Å².